The van der Waals surface area contributed by atoms with Gasteiger partial charge in [0, 0.05) is 22.1 Å². The molecule has 2 aromatic carbocycles. The Morgan fingerprint density at radius 2 is 2.13 bits per heavy atom. The summed E-state index contributed by atoms with van der Waals surface area (Å²) in [6, 6.07) is 11.4. The Kier molecular flexibility index (Phi) is 4.42. The molecule has 0 saturated heterocycles. The summed E-state index contributed by atoms with van der Waals surface area (Å²) in [5.74, 6) is -0.671. The number of hydrogen-bond donors (Lipinski definition) is 1. The van der Waals surface area contributed by atoms with Crippen molar-refractivity contribution in [3.05, 3.63) is 70.2 Å². The van der Waals surface area contributed by atoms with E-state index in [1.165, 1.54) is 17.1 Å². The maximum absolute atomic E-state index is 13.7. The third-order valence-corrected chi connectivity index (χ3v) is 3.66. The quantitative estimate of drug-likeness (QED) is 0.760. The van der Waals surface area contributed by atoms with E-state index in [1.807, 2.05) is 0 Å². The van der Waals surface area contributed by atoms with Crippen molar-refractivity contribution in [1.82, 2.24) is 25.5 Å². The number of benzene rings is 2. The summed E-state index contributed by atoms with van der Waals surface area (Å²) in [5, 5.41) is 13.6. The molecule has 1 N–H and O–H groups in total. The van der Waals surface area contributed by atoms with E-state index in [0.29, 0.717) is 16.8 Å². The second kappa shape index (κ2) is 6.66. The molecule has 3 rings (SSSR count). The Morgan fingerprint density at radius 3 is 2.91 bits per heavy atom. The van der Waals surface area contributed by atoms with Crippen LogP contribution in [0.1, 0.15) is 15.9 Å². The van der Waals surface area contributed by atoms with Crippen molar-refractivity contribution in [1.29, 1.82) is 0 Å². The van der Waals surface area contributed by atoms with Crippen LogP contribution < -0.4 is 5.32 Å². The molecular weight excluding hydrogens is 365 g/mol. The Morgan fingerprint density at radius 1 is 1.26 bits per heavy atom. The second-order valence-corrected chi connectivity index (χ2v) is 5.64. The normalized spacial score (nSPS) is 10.5. The van der Waals surface area contributed by atoms with E-state index in [0.717, 1.165) is 4.47 Å². The van der Waals surface area contributed by atoms with E-state index in [2.05, 4.69) is 36.8 Å². The lowest BCUT2D eigenvalue weighted by Gasteiger charge is -2.08. The number of hydrogen-bond acceptors (Lipinski definition) is 4. The van der Waals surface area contributed by atoms with Gasteiger partial charge in [-0.1, -0.05) is 22.0 Å². The van der Waals surface area contributed by atoms with Crippen molar-refractivity contribution in [2.24, 2.45) is 0 Å². The van der Waals surface area contributed by atoms with E-state index in [-0.39, 0.29) is 18.3 Å². The first-order chi connectivity index (χ1) is 11.1. The summed E-state index contributed by atoms with van der Waals surface area (Å²) in [6.07, 6.45) is 1.44. The molecule has 23 heavy (non-hydrogen) atoms. The van der Waals surface area contributed by atoms with Crippen molar-refractivity contribution in [2.45, 2.75) is 6.54 Å². The predicted molar refractivity (Wildman–Crippen MR) is 84.4 cm³/mol. The molecule has 3 aromatic rings. The summed E-state index contributed by atoms with van der Waals surface area (Å²) >= 11 is 3.28. The van der Waals surface area contributed by atoms with Crippen molar-refractivity contribution in [2.75, 3.05) is 0 Å². The molecule has 1 amide bonds. The van der Waals surface area contributed by atoms with Gasteiger partial charge in [-0.15, -0.1) is 5.10 Å². The molecule has 0 atom stereocenters. The Bertz CT molecular complexity index is 838. The number of tetrazole rings is 1. The monoisotopic (exact) mass is 375 g/mol. The zero-order valence-corrected chi connectivity index (χ0v) is 13.4. The fourth-order valence-corrected chi connectivity index (χ4v) is 2.43. The van der Waals surface area contributed by atoms with Gasteiger partial charge in [-0.2, -0.15) is 0 Å². The van der Waals surface area contributed by atoms with E-state index in [4.69, 9.17) is 0 Å². The Balaban J connectivity index is 1.74. The number of rotatable bonds is 4. The van der Waals surface area contributed by atoms with Crippen molar-refractivity contribution < 1.29 is 9.18 Å². The van der Waals surface area contributed by atoms with Gasteiger partial charge in [0.15, 0.2) is 0 Å². The average Bonchev–Trinajstić information content (AvgIpc) is 3.10. The molecule has 0 unspecified atom stereocenters. The highest BCUT2D eigenvalue weighted by Gasteiger charge is 2.09. The molecular formula is C15H11BrFN5O. The SMILES string of the molecule is O=C(NCc1cc(Br)ccc1F)c1cccc(-n2cnnn2)c1. The van der Waals surface area contributed by atoms with E-state index in [9.17, 15) is 9.18 Å². The van der Waals surface area contributed by atoms with Crippen LogP contribution in [0.5, 0.6) is 0 Å². The van der Waals surface area contributed by atoms with Crippen LogP contribution in [-0.4, -0.2) is 26.1 Å². The van der Waals surface area contributed by atoms with E-state index in [1.54, 1.807) is 36.4 Å². The van der Waals surface area contributed by atoms with Crippen molar-refractivity contribution >= 4 is 21.8 Å². The molecule has 8 heteroatoms. The lowest BCUT2D eigenvalue weighted by molar-refractivity contribution is 0.0950. The molecule has 0 aliphatic rings. The fourth-order valence-electron chi connectivity index (χ4n) is 2.03. The molecule has 1 heterocycles. The molecule has 0 saturated carbocycles. The van der Waals surface area contributed by atoms with Gasteiger partial charge < -0.3 is 5.32 Å². The smallest absolute Gasteiger partial charge is 0.251 e. The van der Waals surface area contributed by atoms with Crippen LogP contribution in [0.15, 0.2) is 53.3 Å². The largest absolute Gasteiger partial charge is 0.348 e. The minimum Gasteiger partial charge on any atom is -0.348 e. The van der Waals surface area contributed by atoms with Gasteiger partial charge in [-0.25, -0.2) is 9.07 Å². The number of amides is 1. The average molecular weight is 376 g/mol. The number of carbonyl (C=O) groups is 1. The van der Waals surface area contributed by atoms with Crippen LogP contribution in [0.2, 0.25) is 0 Å². The highest BCUT2D eigenvalue weighted by Crippen LogP contribution is 2.15. The van der Waals surface area contributed by atoms with Crippen molar-refractivity contribution in [3.63, 3.8) is 0 Å². The van der Waals surface area contributed by atoms with Gasteiger partial charge >= 0.3 is 0 Å². The standard InChI is InChI=1S/C15H11BrFN5O/c16-12-4-5-14(17)11(6-12)8-18-15(23)10-2-1-3-13(7-10)22-9-19-20-21-22/h1-7,9H,8H2,(H,18,23). The van der Waals surface area contributed by atoms with Gasteiger partial charge in [0.05, 0.1) is 5.69 Å². The first-order valence-corrected chi connectivity index (χ1v) is 7.48. The lowest BCUT2D eigenvalue weighted by Crippen LogP contribution is -2.23. The highest BCUT2D eigenvalue weighted by molar-refractivity contribution is 9.10. The van der Waals surface area contributed by atoms with Gasteiger partial charge in [0.1, 0.15) is 12.1 Å². The zero-order chi connectivity index (χ0) is 16.2. The predicted octanol–water partition coefficient (Wildman–Crippen LogP) is 2.49. The fraction of sp³-hybridized carbons (Fsp3) is 0.0667. The number of nitrogens with one attached hydrogen (secondary N) is 1. The van der Waals surface area contributed by atoms with Crippen LogP contribution in [-0.2, 0) is 6.54 Å². The topological polar surface area (TPSA) is 72.7 Å². The first kappa shape index (κ1) is 15.3. The van der Waals surface area contributed by atoms with Gasteiger partial charge in [-0.3, -0.25) is 4.79 Å². The minimum atomic E-state index is -0.365. The third kappa shape index (κ3) is 3.59. The molecule has 6 nitrogen and oxygen atoms in total. The molecule has 1 aromatic heterocycles. The Hall–Kier alpha value is -2.61. The van der Waals surface area contributed by atoms with Gasteiger partial charge in [0.25, 0.3) is 5.91 Å². The summed E-state index contributed by atoms with van der Waals surface area (Å²) in [6.45, 7) is 0.0964. The minimum absolute atomic E-state index is 0.0964. The summed E-state index contributed by atoms with van der Waals surface area (Å²) in [5.41, 5.74) is 1.51. The zero-order valence-electron chi connectivity index (χ0n) is 11.8. The molecule has 0 radical (unpaired) electrons. The summed E-state index contributed by atoms with van der Waals surface area (Å²) < 4.78 is 15.9. The van der Waals surface area contributed by atoms with Gasteiger partial charge in [0.2, 0.25) is 0 Å². The number of halogens is 2. The Labute approximate surface area is 139 Å². The molecule has 116 valence electrons. The lowest BCUT2D eigenvalue weighted by atomic mass is 10.1. The van der Waals surface area contributed by atoms with E-state index >= 15 is 0 Å². The summed E-state index contributed by atoms with van der Waals surface area (Å²) in [4.78, 5) is 12.2. The van der Waals surface area contributed by atoms with Crippen LogP contribution in [0, 0.1) is 5.82 Å². The summed E-state index contributed by atoms with van der Waals surface area (Å²) in [7, 11) is 0. The van der Waals surface area contributed by atoms with Crippen molar-refractivity contribution in [3.8, 4) is 5.69 Å². The first-order valence-electron chi connectivity index (χ1n) is 6.69. The van der Waals surface area contributed by atoms with Crippen LogP contribution in [0.4, 0.5) is 4.39 Å². The third-order valence-electron chi connectivity index (χ3n) is 3.17. The maximum atomic E-state index is 13.7. The van der Waals surface area contributed by atoms with Gasteiger partial charge in [-0.05, 0) is 46.8 Å². The molecule has 0 fully saturated rings. The number of nitrogens with zero attached hydrogens (tertiary/aromatic N) is 4. The molecule has 0 aliphatic carbocycles. The highest BCUT2D eigenvalue weighted by atomic mass is 79.9. The van der Waals surface area contributed by atoms with E-state index < -0.39 is 0 Å². The van der Waals surface area contributed by atoms with Crippen LogP contribution in [0.25, 0.3) is 5.69 Å². The number of aromatic nitrogens is 4. The molecule has 0 spiro atoms. The maximum Gasteiger partial charge on any atom is 0.251 e. The second-order valence-electron chi connectivity index (χ2n) is 4.72. The molecule has 0 aliphatic heterocycles. The molecule has 0 bridgehead atoms. The van der Waals surface area contributed by atoms with Crippen LogP contribution >= 0.6 is 15.9 Å². The number of carbonyl (C=O) groups excluding carboxylic acids is 1. The van der Waals surface area contributed by atoms with Crippen LogP contribution in [0.3, 0.4) is 0 Å².